The number of hydrogen-bond acceptors (Lipinski definition) is 5. The molecule has 0 aliphatic heterocycles. The summed E-state index contributed by atoms with van der Waals surface area (Å²) in [6, 6.07) is 11.7. The van der Waals surface area contributed by atoms with Crippen molar-refractivity contribution < 1.29 is 19.1 Å². The summed E-state index contributed by atoms with van der Waals surface area (Å²) in [7, 11) is 3.11. The Kier molecular flexibility index (Phi) is 8.37. The molecule has 2 aromatic carbocycles. The van der Waals surface area contributed by atoms with E-state index in [9.17, 15) is 9.59 Å². The van der Waals surface area contributed by atoms with Crippen molar-refractivity contribution in [3.8, 4) is 5.75 Å². The van der Waals surface area contributed by atoms with E-state index in [4.69, 9.17) is 21.7 Å². The lowest BCUT2D eigenvalue weighted by Gasteiger charge is -2.11. The number of hydrogen-bond donors (Lipinski definition) is 3. The first-order valence-corrected chi connectivity index (χ1v) is 9.47. The molecule has 2 aromatic rings. The van der Waals surface area contributed by atoms with Crippen LogP contribution in [-0.4, -0.2) is 44.3 Å². The predicted molar refractivity (Wildman–Crippen MR) is 115 cm³/mol. The summed E-state index contributed by atoms with van der Waals surface area (Å²) in [6.45, 7) is 0.847. The lowest BCUT2D eigenvalue weighted by Crippen LogP contribution is -2.34. The monoisotopic (exact) mass is 465 g/mol. The molecule has 0 atom stereocenters. The standard InChI is InChI=1S/C19H20BrN3O4S/c1-26-9-8-21-17(24)12-4-3-5-14(10-12)22-19(28)23-18(25)13-6-7-16(27-2)15(20)11-13/h3-7,10-11H,8-9H2,1-2H3,(H,21,24)(H2,22,23,25,28). The van der Waals surface area contributed by atoms with Gasteiger partial charge in [0.05, 0.1) is 18.2 Å². The van der Waals surface area contributed by atoms with Crippen molar-refractivity contribution >= 4 is 50.8 Å². The van der Waals surface area contributed by atoms with Gasteiger partial charge in [0.2, 0.25) is 0 Å². The molecule has 2 amide bonds. The van der Waals surface area contributed by atoms with Crippen molar-refractivity contribution in [1.29, 1.82) is 0 Å². The number of halogens is 1. The lowest BCUT2D eigenvalue weighted by molar-refractivity contribution is 0.0935. The molecule has 2 rings (SSSR count). The number of amides is 2. The topological polar surface area (TPSA) is 88.7 Å². The molecule has 0 radical (unpaired) electrons. The van der Waals surface area contributed by atoms with Crippen molar-refractivity contribution in [2.24, 2.45) is 0 Å². The summed E-state index contributed by atoms with van der Waals surface area (Å²) in [4.78, 5) is 24.4. The van der Waals surface area contributed by atoms with E-state index < -0.39 is 0 Å². The second-order valence-electron chi connectivity index (χ2n) is 5.59. The third kappa shape index (κ3) is 6.29. The Balaban J connectivity index is 1.97. The van der Waals surface area contributed by atoms with Gasteiger partial charge >= 0.3 is 0 Å². The second-order valence-corrected chi connectivity index (χ2v) is 6.85. The van der Waals surface area contributed by atoms with Gasteiger partial charge in [0.25, 0.3) is 11.8 Å². The summed E-state index contributed by atoms with van der Waals surface area (Å²) in [5.74, 6) is 0.0332. The molecule has 28 heavy (non-hydrogen) atoms. The van der Waals surface area contributed by atoms with E-state index in [2.05, 4.69) is 31.9 Å². The molecular formula is C19H20BrN3O4S. The van der Waals surface area contributed by atoms with Gasteiger partial charge in [0.15, 0.2) is 5.11 Å². The van der Waals surface area contributed by atoms with Crippen LogP contribution in [0.1, 0.15) is 20.7 Å². The average molecular weight is 466 g/mol. The highest BCUT2D eigenvalue weighted by Crippen LogP contribution is 2.25. The molecule has 0 aliphatic carbocycles. The molecule has 0 aromatic heterocycles. The van der Waals surface area contributed by atoms with Gasteiger partial charge in [-0.2, -0.15) is 0 Å². The van der Waals surface area contributed by atoms with Crippen LogP contribution in [0, 0.1) is 0 Å². The van der Waals surface area contributed by atoms with Gasteiger partial charge < -0.3 is 20.1 Å². The fourth-order valence-electron chi connectivity index (χ4n) is 2.25. The third-order valence-corrected chi connectivity index (χ3v) is 4.44. The van der Waals surface area contributed by atoms with Crippen LogP contribution in [0.15, 0.2) is 46.9 Å². The maximum atomic E-state index is 12.3. The number of nitrogens with one attached hydrogen (secondary N) is 3. The van der Waals surface area contributed by atoms with Gasteiger partial charge in [0, 0.05) is 30.5 Å². The van der Waals surface area contributed by atoms with Crippen LogP contribution in [0.3, 0.4) is 0 Å². The van der Waals surface area contributed by atoms with Gasteiger partial charge in [-0.25, -0.2) is 0 Å². The van der Waals surface area contributed by atoms with Gasteiger partial charge in [0.1, 0.15) is 5.75 Å². The van der Waals surface area contributed by atoms with Crippen LogP contribution in [0.5, 0.6) is 5.75 Å². The van der Waals surface area contributed by atoms with Crippen molar-refractivity contribution in [2.75, 3.05) is 32.7 Å². The summed E-state index contributed by atoms with van der Waals surface area (Å²) in [5, 5.41) is 8.36. The first kappa shape index (κ1) is 21.8. The van der Waals surface area contributed by atoms with E-state index >= 15 is 0 Å². The van der Waals surface area contributed by atoms with E-state index in [1.54, 1.807) is 56.7 Å². The number of rotatable bonds is 7. The van der Waals surface area contributed by atoms with Crippen LogP contribution >= 0.6 is 28.1 Å². The van der Waals surface area contributed by atoms with Crippen LogP contribution in [0.2, 0.25) is 0 Å². The molecule has 148 valence electrons. The van der Waals surface area contributed by atoms with Crippen LogP contribution < -0.4 is 20.7 Å². The zero-order valence-corrected chi connectivity index (χ0v) is 17.8. The summed E-state index contributed by atoms with van der Waals surface area (Å²) < 4.78 is 10.7. The van der Waals surface area contributed by atoms with E-state index in [1.165, 1.54) is 0 Å². The molecule has 3 N–H and O–H groups in total. The molecular weight excluding hydrogens is 446 g/mol. The van der Waals surface area contributed by atoms with E-state index in [-0.39, 0.29) is 16.9 Å². The summed E-state index contributed by atoms with van der Waals surface area (Å²) >= 11 is 8.53. The second kappa shape index (κ2) is 10.7. The number of benzene rings is 2. The van der Waals surface area contributed by atoms with Crippen LogP contribution in [0.25, 0.3) is 0 Å². The summed E-state index contributed by atoms with van der Waals surface area (Å²) in [6.07, 6.45) is 0. The molecule has 0 bridgehead atoms. The fourth-order valence-corrected chi connectivity index (χ4v) is 3.00. The molecule has 0 saturated heterocycles. The van der Waals surface area contributed by atoms with Crippen molar-refractivity contribution in [3.63, 3.8) is 0 Å². The number of methoxy groups -OCH3 is 2. The minimum atomic E-state index is -0.366. The zero-order chi connectivity index (χ0) is 20.5. The third-order valence-electron chi connectivity index (χ3n) is 3.62. The van der Waals surface area contributed by atoms with Gasteiger partial charge in [-0.3, -0.25) is 14.9 Å². The van der Waals surface area contributed by atoms with Crippen molar-refractivity contribution in [3.05, 3.63) is 58.1 Å². The highest BCUT2D eigenvalue weighted by atomic mass is 79.9. The molecule has 0 spiro atoms. The predicted octanol–water partition coefficient (Wildman–Crippen LogP) is 2.96. The largest absolute Gasteiger partial charge is 0.496 e. The fraction of sp³-hybridized carbons (Fsp3) is 0.211. The Bertz CT molecular complexity index is 876. The first-order chi connectivity index (χ1) is 13.4. The zero-order valence-electron chi connectivity index (χ0n) is 15.4. The SMILES string of the molecule is COCCNC(=O)c1cccc(NC(=S)NC(=O)c2ccc(OC)c(Br)c2)c1. The lowest BCUT2D eigenvalue weighted by atomic mass is 10.2. The Morgan fingerprint density at radius 3 is 2.50 bits per heavy atom. The number of ether oxygens (including phenoxy) is 2. The van der Waals surface area contributed by atoms with E-state index in [1.807, 2.05) is 0 Å². The maximum absolute atomic E-state index is 12.3. The number of anilines is 1. The number of thiocarbonyl (C=S) groups is 1. The molecule has 9 heteroatoms. The van der Waals surface area contributed by atoms with Crippen molar-refractivity contribution in [1.82, 2.24) is 10.6 Å². The average Bonchev–Trinajstić information content (AvgIpc) is 2.68. The maximum Gasteiger partial charge on any atom is 0.257 e. The molecule has 0 saturated carbocycles. The molecule has 0 unspecified atom stereocenters. The van der Waals surface area contributed by atoms with Crippen molar-refractivity contribution in [2.45, 2.75) is 0 Å². The Morgan fingerprint density at radius 2 is 1.82 bits per heavy atom. The van der Waals surface area contributed by atoms with Crippen LogP contribution in [0.4, 0.5) is 5.69 Å². The van der Waals surface area contributed by atoms with E-state index in [0.717, 1.165) is 0 Å². The Morgan fingerprint density at radius 1 is 1.07 bits per heavy atom. The van der Waals surface area contributed by atoms with Gasteiger partial charge in [-0.1, -0.05) is 6.07 Å². The van der Waals surface area contributed by atoms with E-state index in [0.29, 0.717) is 40.2 Å². The molecule has 7 nitrogen and oxygen atoms in total. The Hall–Kier alpha value is -2.49. The van der Waals surface area contributed by atoms with Gasteiger partial charge in [-0.05, 0) is 64.5 Å². The first-order valence-electron chi connectivity index (χ1n) is 8.27. The Labute approximate surface area is 176 Å². The molecule has 0 aliphatic rings. The van der Waals surface area contributed by atoms with Crippen LogP contribution in [-0.2, 0) is 4.74 Å². The number of carbonyl (C=O) groups excluding carboxylic acids is 2. The summed E-state index contributed by atoms with van der Waals surface area (Å²) in [5.41, 5.74) is 1.47. The normalized spacial score (nSPS) is 10.1. The quantitative estimate of drug-likeness (QED) is 0.430. The van der Waals surface area contributed by atoms with Gasteiger partial charge in [-0.15, -0.1) is 0 Å². The minimum Gasteiger partial charge on any atom is -0.496 e. The highest BCUT2D eigenvalue weighted by Gasteiger charge is 2.11. The molecule has 0 fully saturated rings. The minimum absolute atomic E-state index is 0.119. The number of carbonyl (C=O) groups is 2. The smallest absolute Gasteiger partial charge is 0.257 e. The highest BCUT2D eigenvalue weighted by molar-refractivity contribution is 9.10. The molecule has 0 heterocycles.